The number of aliphatic hydroxyl groups is 1. The number of hydrogen-bond acceptors (Lipinski definition) is 3. The monoisotopic (exact) mass is 230 g/mol. The SMILES string of the molecule is NCC(O)C(=O)NCc1ccc(F)c(F)c1. The molecular weight excluding hydrogens is 218 g/mol. The van der Waals surface area contributed by atoms with Crippen molar-refractivity contribution < 1.29 is 18.7 Å². The van der Waals surface area contributed by atoms with Crippen LogP contribution in [0, 0.1) is 11.6 Å². The molecule has 1 atom stereocenters. The number of hydrogen-bond donors (Lipinski definition) is 3. The Balaban J connectivity index is 2.55. The summed E-state index contributed by atoms with van der Waals surface area (Å²) in [5, 5.41) is 11.4. The number of rotatable bonds is 4. The van der Waals surface area contributed by atoms with Gasteiger partial charge in [0.05, 0.1) is 0 Å². The first kappa shape index (κ1) is 12.5. The Morgan fingerprint density at radius 1 is 1.44 bits per heavy atom. The van der Waals surface area contributed by atoms with E-state index in [-0.39, 0.29) is 13.1 Å². The number of nitrogens with two attached hydrogens (primary N) is 1. The van der Waals surface area contributed by atoms with Crippen LogP contribution in [-0.4, -0.2) is 23.7 Å². The van der Waals surface area contributed by atoms with E-state index in [1.807, 2.05) is 0 Å². The van der Waals surface area contributed by atoms with E-state index in [0.717, 1.165) is 12.1 Å². The fraction of sp³-hybridized carbons (Fsp3) is 0.300. The summed E-state index contributed by atoms with van der Waals surface area (Å²) in [6, 6.07) is 3.29. The van der Waals surface area contributed by atoms with Gasteiger partial charge in [-0.25, -0.2) is 8.78 Å². The van der Waals surface area contributed by atoms with Gasteiger partial charge in [-0.05, 0) is 17.7 Å². The van der Waals surface area contributed by atoms with E-state index in [2.05, 4.69) is 5.32 Å². The summed E-state index contributed by atoms with van der Waals surface area (Å²) in [4.78, 5) is 11.1. The van der Waals surface area contributed by atoms with Gasteiger partial charge < -0.3 is 16.2 Å². The predicted molar refractivity (Wildman–Crippen MR) is 53.3 cm³/mol. The number of aliphatic hydroxyl groups excluding tert-OH is 1. The van der Waals surface area contributed by atoms with Crippen LogP contribution in [0.2, 0.25) is 0 Å². The van der Waals surface area contributed by atoms with Crippen LogP contribution in [0.25, 0.3) is 0 Å². The van der Waals surface area contributed by atoms with Crippen molar-refractivity contribution >= 4 is 5.91 Å². The minimum Gasteiger partial charge on any atom is -0.382 e. The Labute approximate surface area is 91.1 Å². The molecule has 0 aliphatic carbocycles. The summed E-state index contributed by atoms with van der Waals surface area (Å²) in [6.45, 7) is -0.184. The molecule has 0 heterocycles. The topological polar surface area (TPSA) is 75.3 Å². The number of benzene rings is 1. The molecule has 4 N–H and O–H groups in total. The number of amides is 1. The fourth-order valence-electron chi connectivity index (χ4n) is 1.06. The number of nitrogens with one attached hydrogen (secondary N) is 1. The van der Waals surface area contributed by atoms with Crippen molar-refractivity contribution in [3.05, 3.63) is 35.4 Å². The summed E-state index contributed by atoms with van der Waals surface area (Å²) in [5.74, 6) is -2.57. The molecule has 6 heteroatoms. The zero-order valence-corrected chi connectivity index (χ0v) is 8.41. The van der Waals surface area contributed by atoms with E-state index in [1.165, 1.54) is 6.07 Å². The fourth-order valence-corrected chi connectivity index (χ4v) is 1.06. The van der Waals surface area contributed by atoms with E-state index < -0.39 is 23.6 Å². The maximum absolute atomic E-state index is 12.8. The largest absolute Gasteiger partial charge is 0.382 e. The summed E-state index contributed by atoms with van der Waals surface area (Å²) in [7, 11) is 0. The first-order chi connectivity index (χ1) is 7.54. The molecule has 16 heavy (non-hydrogen) atoms. The van der Waals surface area contributed by atoms with Gasteiger partial charge in [0.25, 0.3) is 0 Å². The molecule has 0 saturated carbocycles. The van der Waals surface area contributed by atoms with Crippen LogP contribution >= 0.6 is 0 Å². The highest BCUT2D eigenvalue weighted by atomic mass is 19.2. The molecule has 1 aromatic rings. The zero-order valence-electron chi connectivity index (χ0n) is 8.41. The van der Waals surface area contributed by atoms with Crippen molar-refractivity contribution in [3.63, 3.8) is 0 Å². The van der Waals surface area contributed by atoms with Crippen LogP contribution in [0.1, 0.15) is 5.56 Å². The Morgan fingerprint density at radius 3 is 2.69 bits per heavy atom. The molecule has 4 nitrogen and oxygen atoms in total. The molecule has 88 valence electrons. The molecule has 1 unspecified atom stereocenters. The Morgan fingerprint density at radius 2 is 2.12 bits per heavy atom. The van der Waals surface area contributed by atoms with Crippen molar-refractivity contribution in [1.29, 1.82) is 0 Å². The summed E-state index contributed by atoms with van der Waals surface area (Å²) < 4.78 is 25.3. The predicted octanol–water partition coefficient (Wildman–Crippen LogP) is -0.0994. The third kappa shape index (κ3) is 3.25. The van der Waals surface area contributed by atoms with Gasteiger partial charge in [0.2, 0.25) is 5.91 Å². The van der Waals surface area contributed by atoms with Gasteiger partial charge in [-0.1, -0.05) is 6.07 Å². The molecule has 0 aliphatic rings. The second-order valence-corrected chi connectivity index (χ2v) is 3.22. The average Bonchev–Trinajstić information content (AvgIpc) is 2.29. The lowest BCUT2D eigenvalue weighted by molar-refractivity contribution is -0.128. The summed E-state index contributed by atoms with van der Waals surface area (Å²) in [6.07, 6.45) is -1.29. The van der Waals surface area contributed by atoms with Crippen LogP contribution in [0.3, 0.4) is 0 Å². The van der Waals surface area contributed by atoms with Crippen LogP contribution in [0.5, 0.6) is 0 Å². The third-order valence-electron chi connectivity index (χ3n) is 1.98. The molecule has 0 radical (unpaired) electrons. The molecule has 0 spiro atoms. The van der Waals surface area contributed by atoms with E-state index >= 15 is 0 Å². The van der Waals surface area contributed by atoms with Crippen LogP contribution in [0.15, 0.2) is 18.2 Å². The van der Waals surface area contributed by atoms with Gasteiger partial charge >= 0.3 is 0 Å². The maximum Gasteiger partial charge on any atom is 0.250 e. The zero-order chi connectivity index (χ0) is 12.1. The molecule has 0 aromatic heterocycles. The smallest absolute Gasteiger partial charge is 0.250 e. The molecule has 0 bridgehead atoms. The molecule has 1 amide bonds. The van der Waals surface area contributed by atoms with Crippen LogP contribution in [-0.2, 0) is 11.3 Å². The highest BCUT2D eigenvalue weighted by Crippen LogP contribution is 2.08. The first-order valence-corrected chi connectivity index (χ1v) is 4.64. The second kappa shape index (κ2) is 5.53. The maximum atomic E-state index is 12.8. The number of halogens is 2. The number of carbonyl (C=O) groups excluding carboxylic acids is 1. The van der Waals surface area contributed by atoms with Crippen LogP contribution in [0.4, 0.5) is 8.78 Å². The molecular formula is C10H12F2N2O2. The standard InChI is InChI=1S/C10H12F2N2O2/c11-7-2-1-6(3-8(7)12)5-14-10(16)9(15)4-13/h1-3,9,15H,4-5,13H2,(H,14,16). The lowest BCUT2D eigenvalue weighted by Crippen LogP contribution is -2.38. The molecule has 1 aromatic carbocycles. The van der Waals surface area contributed by atoms with Crippen molar-refractivity contribution in [3.8, 4) is 0 Å². The summed E-state index contributed by atoms with van der Waals surface area (Å²) in [5.41, 5.74) is 5.46. The highest BCUT2D eigenvalue weighted by Gasteiger charge is 2.12. The van der Waals surface area contributed by atoms with Gasteiger partial charge in [-0.15, -0.1) is 0 Å². The minimum absolute atomic E-state index is 0.00704. The molecule has 0 fully saturated rings. The summed E-state index contributed by atoms with van der Waals surface area (Å²) >= 11 is 0. The van der Waals surface area contributed by atoms with E-state index in [9.17, 15) is 13.6 Å². The molecule has 1 rings (SSSR count). The van der Waals surface area contributed by atoms with Crippen molar-refractivity contribution in [2.75, 3.05) is 6.54 Å². The van der Waals surface area contributed by atoms with Crippen LogP contribution < -0.4 is 11.1 Å². The normalized spacial score (nSPS) is 12.2. The third-order valence-corrected chi connectivity index (χ3v) is 1.98. The lowest BCUT2D eigenvalue weighted by Gasteiger charge is -2.09. The van der Waals surface area contributed by atoms with E-state index in [0.29, 0.717) is 5.56 Å². The molecule has 0 saturated heterocycles. The minimum atomic E-state index is -1.29. The second-order valence-electron chi connectivity index (χ2n) is 3.22. The van der Waals surface area contributed by atoms with E-state index in [1.54, 1.807) is 0 Å². The van der Waals surface area contributed by atoms with Gasteiger partial charge in [0, 0.05) is 13.1 Å². The Bertz CT molecular complexity index is 385. The van der Waals surface area contributed by atoms with E-state index in [4.69, 9.17) is 10.8 Å². The van der Waals surface area contributed by atoms with Gasteiger partial charge in [0.1, 0.15) is 6.10 Å². The van der Waals surface area contributed by atoms with Crippen molar-refractivity contribution in [2.24, 2.45) is 5.73 Å². The average molecular weight is 230 g/mol. The van der Waals surface area contributed by atoms with Crippen molar-refractivity contribution in [1.82, 2.24) is 5.32 Å². The highest BCUT2D eigenvalue weighted by molar-refractivity contribution is 5.80. The molecule has 0 aliphatic heterocycles. The van der Waals surface area contributed by atoms with Gasteiger partial charge in [-0.3, -0.25) is 4.79 Å². The Hall–Kier alpha value is -1.53. The quantitative estimate of drug-likeness (QED) is 0.676. The van der Waals surface area contributed by atoms with Crippen molar-refractivity contribution in [2.45, 2.75) is 12.6 Å². The van der Waals surface area contributed by atoms with Gasteiger partial charge in [0.15, 0.2) is 11.6 Å². The lowest BCUT2D eigenvalue weighted by atomic mass is 10.2. The van der Waals surface area contributed by atoms with Gasteiger partial charge in [-0.2, -0.15) is 0 Å². The number of carbonyl (C=O) groups is 1. The Kier molecular flexibility index (Phi) is 4.33. The first-order valence-electron chi connectivity index (χ1n) is 4.64.